The molecule has 4 nitrogen and oxygen atoms in total. The number of para-hydroxylation sites is 1. The molecule has 0 amide bonds. The van der Waals surface area contributed by atoms with Crippen LogP contribution in [0.25, 0.3) is 0 Å². The van der Waals surface area contributed by atoms with Crippen molar-refractivity contribution < 1.29 is 19.1 Å². The average Bonchev–Trinajstić information content (AvgIpc) is 2.82. The number of carbonyl (C=O) groups is 2. The van der Waals surface area contributed by atoms with Gasteiger partial charge in [-0.05, 0) is 40.8 Å². The van der Waals surface area contributed by atoms with E-state index in [2.05, 4.69) is 48.5 Å². The van der Waals surface area contributed by atoms with Crippen LogP contribution in [0.1, 0.15) is 53.4 Å². The van der Waals surface area contributed by atoms with Crippen LogP contribution in [0.5, 0.6) is 5.75 Å². The molecule has 3 aliphatic carbocycles. The Bertz CT molecular complexity index is 1060. The Hall–Kier alpha value is -3.40. The highest BCUT2D eigenvalue weighted by Gasteiger charge is 2.43. The van der Waals surface area contributed by atoms with Gasteiger partial charge >= 0.3 is 11.9 Å². The number of esters is 2. The Labute approximate surface area is 181 Å². The van der Waals surface area contributed by atoms with Gasteiger partial charge in [-0.25, -0.2) is 0 Å². The maximum atomic E-state index is 12.3. The van der Waals surface area contributed by atoms with Crippen LogP contribution in [0, 0.1) is 5.92 Å². The average molecular weight is 412 g/mol. The lowest BCUT2D eigenvalue weighted by molar-refractivity contribution is -0.148. The summed E-state index contributed by atoms with van der Waals surface area (Å²) in [5, 5.41) is 0. The summed E-state index contributed by atoms with van der Waals surface area (Å²) in [6, 6.07) is 26.1. The zero-order valence-corrected chi connectivity index (χ0v) is 17.2. The number of benzene rings is 3. The van der Waals surface area contributed by atoms with Gasteiger partial charge in [-0.1, -0.05) is 66.7 Å². The van der Waals surface area contributed by atoms with Gasteiger partial charge in [0, 0.05) is 17.8 Å². The predicted molar refractivity (Wildman–Crippen MR) is 117 cm³/mol. The smallest absolute Gasteiger partial charge is 0.311 e. The Morgan fingerprint density at radius 3 is 1.90 bits per heavy atom. The zero-order valence-electron chi connectivity index (χ0n) is 17.2. The molecular formula is C27H24O4. The van der Waals surface area contributed by atoms with Crippen molar-refractivity contribution in [2.24, 2.45) is 5.92 Å². The first-order valence-electron chi connectivity index (χ1n) is 10.8. The van der Waals surface area contributed by atoms with Crippen LogP contribution in [0.2, 0.25) is 0 Å². The maximum Gasteiger partial charge on any atom is 0.311 e. The standard InChI is InChI=1S/C27H24O4/c28-25(14-15-26(29)31-19-8-2-1-3-9-19)30-17-18-16-24-20-10-4-6-12-22(20)27(18)23-13-7-5-11-21(23)24/h1-13,18,24,27H,14-17H2. The Balaban J connectivity index is 1.21. The van der Waals surface area contributed by atoms with E-state index in [-0.39, 0.29) is 30.6 Å². The number of hydrogen-bond acceptors (Lipinski definition) is 4. The molecule has 0 saturated heterocycles. The van der Waals surface area contributed by atoms with E-state index in [9.17, 15) is 9.59 Å². The van der Waals surface area contributed by atoms with Crippen molar-refractivity contribution in [3.05, 3.63) is 101 Å². The third-order valence-corrected chi connectivity index (χ3v) is 6.39. The third-order valence-electron chi connectivity index (χ3n) is 6.39. The molecule has 0 aliphatic heterocycles. The summed E-state index contributed by atoms with van der Waals surface area (Å²) in [7, 11) is 0. The van der Waals surface area contributed by atoms with E-state index in [0.717, 1.165) is 6.42 Å². The Morgan fingerprint density at radius 1 is 0.710 bits per heavy atom. The molecule has 6 rings (SSSR count). The van der Waals surface area contributed by atoms with Crippen LogP contribution >= 0.6 is 0 Å². The largest absolute Gasteiger partial charge is 0.465 e. The number of ether oxygens (including phenoxy) is 2. The second-order valence-corrected chi connectivity index (χ2v) is 8.25. The van der Waals surface area contributed by atoms with Gasteiger partial charge in [-0.2, -0.15) is 0 Å². The van der Waals surface area contributed by atoms with Crippen molar-refractivity contribution in [3.63, 3.8) is 0 Å². The van der Waals surface area contributed by atoms with Crippen molar-refractivity contribution in [2.75, 3.05) is 6.61 Å². The van der Waals surface area contributed by atoms with Gasteiger partial charge in [-0.3, -0.25) is 9.59 Å². The molecule has 2 bridgehead atoms. The number of carbonyl (C=O) groups excluding carboxylic acids is 2. The summed E-state index contributed by atoms with van der Waals surface area (Å²) in [6.45, 7) is 0.371. The molecule has 0 aromatic heterocycles. The van der Waals surface area contributed by atoms with E-state index in [0.29, 0.717) is 18.3 Å². The van der Waals surface area contributed by atoms with E-state index in [1.807, 2.05) is 6.07 Å². The minimum atomic E-state index is -0.428. The fourth-order valence-electron chi connectivity index (χ4n) is 5.07. The summed E-state index contributed by atoms with van der Waals surface area (Å²) in [6.07, 6.45) is 1.01. The zero-order chi connectivity index (χ0) is 21.2. The highest BCUT2D eigenvalue weighted by Crippen LogP contribution is 2.55. The molecule has 0 heterocycles. The first kappa shape index (κ1) is 19.6. The Kier molecular flexibility index (Phi) is 5.29. The fraction of sp³-hybridized carbons (Fsp3) is 0.259. The minimum Gasteiger partial charge on any atom is -0.465 e. The van der Waals surface area contributed by atoms with Crippen LogP contribution in [0.4, 0.5) is 0 Å². The number of fused-ring (bicyclic) bond motifs is 1. The monoisotopic (exact) mass is 412 g/mol. The van der Waals surface area contributed by atoms with E-state index in [1.165, 1.54) is 22.3 Å². The highest BCUT2D eigenvalue weighted by atomic mass is 16.5. The summed E-state index contributed by atoms with van der Waals surface area (Å²) >= 11 is 0. The first-order chi connectivity index (χ1) is 15.2. The van der Waals surface area contributed by atoms with E-state index < -0.39 is 5.97 Å². The van der Waals surface area contributed by atoms with Gasteiger partial charge in [0.1, 0.15) is 5.75 Å². The maximum absolute atomic E-state index is 12.3. The van der Waals surface area contributed by atoms with Gasteiger partial charge in [0.25, 0.3) is 0 Å². The molecule has 0 radical (unpaired) electrons. The first-order valence-corrected chi connectivity index (χ1v) is 10.8. The summed E-state index contributed by atoms with van der Waals surface area (Å²) in [4.78, 5) is 24.3. The van der Waals surface area contributed by atoms with Crippen molar-refractivity contribution in [1.82, 2.24) is 0 Å². The van der Waals surface area contributed by atoms with E-state index in [1.54, 1.807) is 24.3 Å². The molecule has 1 atom stereocenters. The molecule has 0 fully saturated rings. The molecule has 1 unspecified atom stereocenters. The molecule has 0 saturated carbocycles. The summed E-state index contributed by atoms with van der Waals surface area (Å²) in [5.74, 6) is 0.539. The van der Waals surface area contributed by atoms with Crippen molar-refractivity contribution in [3.8, 4) is 5.75 Å². The highest BCUT2D eigenvalue weighted by molar-refractivity contribution is 5.79. The van der Waals surface area contributed by atoms with Gasteiger partial charge in [0.2, 0.25) is 0 Å². The number of rotatable bonds is 6. The molecule has 3 aromatic carbocycles. The van der Waals surface area contributed by atoms with Crippen molar-refractivity contribution in [1.29, 1.82) is 0 Å². The molecule has 3 aromatic rings. The SMILES string of the molecule is O=C(CCC(=O)Oc1ccccc1)OCC1CC2c3ccccc3C1c1ccccc12. The van der Waals surface area contributed by atoms with Gasteiger partial charge in [0.05, 0.1) is 19.4 Å². The van der Waals surface area contributed by atoms with Crippen LogP contribution < -0.4 is 4.74 Å². The normalized spacial score (nSPS) is 20.5. The van der Waals surface area contributed by atoms with Crippen LogP contribution in [0.3, 0.4) is 0 Å². The summed E-state index contributed by atoms with van der Waals surface area (Å²) in [5.41, 5.74) is 5.50. The lowest BCUT2D eigenvalue weighted by Gasteiger charge is -2.45. The predicted octanol–water partition coefficient (Wildman–Crippen LogP) is 5.21. The molecular weight excluding hydrogens is 388 g/mol. The second kappa shape index (κ2) is 8.38. The second-order valence-electron chi connectivity index (χ2n) is 8.25. The van der Waals surface area contributed by atoms with Gasteiger partial charge in [-0.15, -0.1) is 0 Å². The van der Waals surface area contributed by atoms with Crippen molar-refractivity contribution in [2.45, 2.75) is 31.1 Å². The third kappa shape index (κ3) is 3.86. The fourth-order valence-corrected chi connectivity index (χ4v) is 5.07. The number of hydrogen-bond donors (Lipinski definition) is 0. The molecule has 3 aliphatic rings. The Morgan fingerprint density at radius 2 is 1.26 bits per heavy atom. The van der Waals surface area contributed by atoms with Gasteiger partial charge in [0.15, 0.2) is 0 Å². The molecule has 0 N–H and O–H groups in total. The lowest BCUT2D eigenvalue weighted by atomic mass is 9.59. The topological polar surface area (TPSA) is 52.6 Å². The van der Waals surface area contributed by atoms with Gasteiger partial charge < -0.3 is 9.47 Å². The minimum absolute atomic E-state index is 0.0100. The van der Waals surface area contributed by atoms with Crippen molar-refractivity contribution >= 4 is 11.9 Å². The molecule has 0 spiro atoms. The van der Waals surface area contributed by atoms with Crippen LogP contribution in [-0.4, -0.2) is 18.5 Å². The van der Waals surface area contributed by atoms with E-state index >= 15 is 0 Å². The molecule has 4 heteroatoms. The quantitative estimate of drug-likeness (QED) is 0.412. The van der Waals surface area contributed by atoms with E-state index in [4.69, 9.17) is 9.47 Å². The van der Waals surface area contributed by atoms with Crippen LogP contribution in [0.15, 0.2) is 78.9 Å². The molecule has 156 valence electrons. The summed E-state index contributed by atoms with van der Waals surface area (Å²) < 4.78 is 10.8. The molecule has 31 heavy (non-hydrogen) atoms. The lowest BCUT2D eigenvalue weighted by Crippen LogP contribution is -2.35. The van der Waals surface area contributed by atoms with Crippen LogP contribution in [-0.2, 0) is 14.3 Å².